The van der Waals surface area contributed by atoms with Crippen molar-refractivity contribution in [3.8, 4) is 11.8 Å². The lowest BCUT2D eigenvalue weighted by atomic mass is 10.0. The molecule has 1 aromatic heterocycles. The van der Waals surface area contributed by atoms with Gasteiger partial charge in [0.1, 0.15) is 30.4 Å². The van der Waals surface area contributed by atoms with Crippen LogP contribution in [0.2, 0.25) is 0 Å². The number of phenolic OH excluding ortho intramolecular Hbond substituents is 1. The fourth-order valence-electron chi connectivity index (χ4n) is 6.57. The number of likely N-dealkylation sites (N-methyl/N-ethyl adjacent to an activating group) is 1. The van der Waals surface area contributed by atoms with Gasteiger partial charge in [-0.3, -0.25) is 9.69 Å². The molecular formula is C34H40FN7O3. The molecule has 6 rings (SSSR count). The molecule has 1 N–H and O–H groups in total. The lowest BCUT2D eigenvalue weighted by molar-refractivity contribution is -0.128. The van der Waals surface area contributed by atoms with Crippen LogP contribution in [-0.4, -0.2) is 102 Å². The van der Waals surface area contributed by atoms with Gasteiger partial charge >= 0.3 is 6.01 Å². The van der Waals surface area contributed by atoms with Crippen molar-refractivity contribution in [3.05, 3.63) is 71.2 Å². The first-order valence-electron chi connectivity index (χ1n) is 15.7. The predicted octanol–water partition coefficient (Wildman–Crippen LogP) is 4.22. The van der Waals surface area contributed by atoms with E-state index < -0.39 is 6.67 Å². The average Bonchev–Trinajstić information content (AvgIpc) is 3.89. The standard InChI is InChI=1S/C34H40FN7O3/c1-23(20-39(3)25-10-11-25)45-34-37-30-22-40(31-18-27(43)17-24-7-4-5-8-28(24)31)14-12-29(30)33(38-34)41-15-16-42(26(21-41)19-36-2)32(44)9-6-13-35/h4-9,17-18,23,25-26,43H,10-16,19-22H2,1,3H3/b9-6+/t23-,26-/m0/s1. The van der Waals surface area contributed by atoms with E-state index in [1.165, 1.54) is 25.0 Å². The molecule has 11 heteroatoms. The Morgan fingerprint density at radius 1 is 1.22 bits per heavy atom. The van der Waals surface area contributed by atoms with Crippen molar-refractivity contribution in [1.82, 2.24) is 19.8 Å². The number of carbonyl (C=O) groups is 1. The number of rotatable bonds is 10. The van der Waals surface area contributed by atoms with E-state index in [1.807, 2.05) is 31.2 Å². The van der Waals surface area contributed by atoms with Crippen LogP contribution in [0.25, 0.3) is 15.6 Å². The lowest BCUT2D eigenvalue weighted by Gasteiger charge is -2.41. The SMILES string of the molecule is [C-]#[N+]C[C@H]1CN(c2nc(O[C@@H](C)CN(C)C3CC3)nc3c2CCN(c2cc(O)cc4ccccc24)C3)CCN1C(=O)/C=C/CF. The summed E-state index contributed by atoms with van der Waals surface area (Å²) >= 11 is 0. The summed E-state index contributed by atoms with van der Waals surface area (Å²) in [4.78, 5) is 34.7. The first-order chi connectivity index (χ1) is 21.8. The summed E-state index contributed by atoms with van der Waals surface area (Å²) in [5, 5.41) is 12.6. The van der Waals surface area contributed by atoms with E-state index in [1.54, 1.807) is 11.0 Å². The van der Waals surface area contributed by atoms with E-state index in [0.717, 1.165) is 40.1 Å². The van der Waals surface area contributed by atoms with Crippen LogP contribution in [0, 0.1) is 6.57 Å². The molecule has 0 radical (unpaired) electrons. The minimum atomic E-state index is -0.709. The first kappa shape index (κ1) is 30.6. The summed E-state index contributed by atoms with van der Waals surface area (Å²) in [6, 6.07) is 12.2. The van der Waals surface area contributed by atoms with Gasteiger partial charge in [-0.1, -0.05) is 24.3 Å². The number of aromatic nitrogens is 2. The largest absolute Gasteiger partial charge is 0.508 e. The maximum absolute atomic E-state index is 12.8. The molecule has 3 heterocycles. The highest BCUT2D eigenvalue weighted by molar-refractivity contribution is 5.95. The monoisotopic (exact) mass is 613 g/mol. The molecule has 0 unspecified atom stereocenters. The topological polar surface area (TPSA) is 89.6 Å². The van der Waals surface area contributed by atoms with Crippen LogP contribution < -0.4 is 14.5 Å². The zero-order valence-electron chi connectivity index (χ0n) is 25.9. The number of ether oxygens (including phenoxy) is 1. The van der Waals surface area contributed by atoms with Crippen LogP contribution in [0.3, 0.4) is 0 Å². The number of carbonyl (C=O) groups excluding carboxylic acids is 1. The van der Waals surface area contributed by atoms with Gasteiger partial charge in [0.25, 0.3) is 0 Å². The Morgan fingerprint density at radius 3 is 2.82 bits per heavy atom. The van der Waals surface area contributed by atoms with Gasteiger partial charge in [0.15, 0.2) is 0 Å². The second-order valence-electron chi connectivity index (χ2n) is 12.2. The zero-order chi connectivity index (χ0) is 31.5. The van der Waals surface area contributed by atoms with Crippen LogP contribution in [0.5, 0.6) is 11.8 Å². The molecule has 0 bridgehead atoms. The minimum Gasteiger partial charge on any atom is -0.508 e. The maximum Gasteiger partial charge on any atom is 0.318 e. The fraction of sp³-hybridized carbons (Fsp3) is 0.471. The van der Waals surface area contributed by atoms with Crippen molar-refractivity contribution in [2.24, 2.45) is 0 Å². The zero-order valence-corrected chi connectivity index (χ0v) is 25.9. The van der Waals surface area contributed by atoms with Crippen LogP contribution in [-0.2, 0) is 17.8 Å². The number of piperazine rings is 1. The number of hydrogen-bond acceptors (Lipinski definition) is 8. The molecule has 45 heavy (non-hydrogen) atoms. The second kappa shape index (κ2) is 13.3. The van der Waals surface area contributed by atoms with E-state index in [2.05, 4.69) is 32.7 Å². The van der Waals surface area contributed by atoms with Gasteiger partial charge in [0.05, 0.1) is 12.2 Å². The molecule has 2 atom stereocenters. The summed E-state index contributed by atoms with van der Waals surface area (Å²) in [6.07, 6.45) is 5.45. The van der Waals surface area contributed by atoms with Crippen LogP contribution in [0.4, 0.5) is 15.9 Å². The molecular weight excluding hydrogens is 573 g/mol. The Morgan fingerprint density at radius 2 is 2.04 bits per heavy atom. The van der Waals surface area contributed by atoms with Gasteiger partial charge < -0.3 is 29.4 Å². The van der Waals surface area contributed by atoms with E-state index in [9.17, 15) is 14.3 Å². The number of anilines is 2. The Hall–Kier alpha value is -4.43. The highest BCUT2D eigenvalue weighted by atomic mass is 19.1. The summed E-state index contributed by atoms with van der Waals surface area (Å²) in [7, 11) is 2.12. The Balaban J connectivity index is 1.32. The first-order valence-corrected chi connectivity index (χ1v) is 15.7. The van der Waals surface area contributed by atoms with Gasteiger partial charge in [-0.2, -0.15) is 9.97 Å². The molecule has 2 fully saturated rings. The van der Waals surface area contributed by atoms with Crippen molar-refractivity contribution in [3.63, 3.8) is 0 Å². The van der Waals surface area contributed by atoms with E-state index >= 15 is 0 Å². The average molecular weight is 614 g/mol. The number of nitrogens with zero attached hydrogens (tertiary/aromatic N) is 7. The number of amides is 1. The van der Waals surface area contributed by atoms with E-state index in [4.69, 9.17) is 21.3 Å². The summed E-state index contributed by atoms with van der Waals surface area (Å²) in [6.45, 7) is 12.3. The van der Waals surface area contributed by atoms with Crippen LogP contribution in [0.1, 0.15) is 31.0 Å². The van der Waals surface area contributed by atoms with Crippen molar-refractivity contribution in [1.29, 1.82) is 0 Å². The third-order valence-corrected chi connectivity index (χ3v) is 8.93. The van der Waals surface area contributed by atoms with Gasteiger partial charge in [0.2, 0.25) is 12.5 Å². The molecule has 0 spiro atoms. The number of alkyl halides is 1. The van der Waals surface area contributed by atoms with Crippen molar-refractivity contribution < 1.29 is 19.0 Å². The summed E-state index contributed by atoms with van der Waals surface area (Å²) in [5.74, 6) is 0.715. The third kappa shape index (κ3) is 6.81. The Labute approximate surface area is 263 Å². The van der Waals surface area contributed by atoms with Gasteiger partial charge in [-0.15, -0.1) is 0 Å². The van der Waals surface area contributed by atoms with E-state index in [-0.39, 0.29) is 30.3 Å². The van der Waals surface area contributed by atoms with Gasteiger partial charge in [-0.05, 0) is 50.8 Å². The number of phenols is 1. The quantitative estimate of drug-likeness (QED) is 0.269. The van der Waals surface area contributed by atoms with Crippen LogP contribution in [0.15, 0.2) is 48.6 Å². The van der Waals surface area contributed by atoms with Crippen molar-refractivity contribution >= 4 is 28.2 Å². The predicted molar refractivity (Wildman–Crippen MR) is 172 cm³/mol. The van der Waals surface area contributed by atoms with E-state index in [0.29, 0.717) is 51.2 Å². The van der Waals surface area contributed by atoms with Gasteiger partial charge in [0, 0.05) is 67.5 Å². The summed E-state index contributed by atoms with van der Waals surface area (Å²) < 4.78 is 19.1. The Bertz CT molecular complexity index is 1620. The number of hydrogen-bond donors (Lipinski definition) is 1. The highest BCUT2D eigenvalue weighted by Gasteiger charge is 2.35. The van der Waals surface area contributed by atoms with Crippen molar-refractivity contribution in [2.75, 3.05) is 62.8 Å². The number of benzene rings is 2. The molecule has 1 saturated carbocycles. The molecule has 236 valence electrons. The normalized spacial score (nSPS) is 19.2. The molecule has 10 nitrogen and oxygen atoms in total. The Kier molecular flexibility index (Phi) is 9.03. The molecule has 2 aromatic carbocycles. The maximum atomic E-state index is 12.8. The summed E-state index contributed by atoms with van der Waals surface area (Å²) in [5.41, 5.74) is 2.84. The molecule has 1 aliphatic carbocycles. The highest BCUT2D eigenvalue weighted by Crippen LogP contribution is 2.37. The lowest BCUT2D eigenvalue weighted by Crippen LogP contribution is -2.56. The number of aromatic hydroxyl groups is 1. The fourth-order valence-corrected chi connectivity index (χ4v) is 6.57. The minimum absolute atomic E-state index is 0.122. The smallest absolute Gasteiger partial charge is 0.318 e. The van der Waals surface area contributed by atoms with Crippen LogP contribution >= 0.6 is 0 Å². The number of halogens is 1. The number of fused-ring (bicyclic) bond motifs is 2. The molecule has 1 saturated heterocycles. The second-order valence-corrected chi connectivity index (χ2v) is 12.2. The molecule has 2 aliphatic heterocycles. The van der Waals surface area contributed by atoms with Gasteiger partial charge in [-0.25, -0.2) is 11.0 Å². The molecule has 3 aromatic rings. The third-order valence-electron chi connectivity index (χ3n) is 8.93. The number of allylic oxidation sites excluding steroid dienone is 1. The molecule has 1 amide bonds. The molecule has 3 aliphatic rings. The van der Waals surface area contributed by atoms with Crippen molar-refractivity contribution in [2.45, 2.75) is 50.9 Å².